The minimum atomic E-state index is -1.28. The Labute approximate surface area is 239 Å². The summed E-state index contributed by atoms with van der Waals surface area (Å²) in [6.07, 6.45) is 2.99. The summed E-state index contributed by atoms with van der Waals surface area (Å²) in [6, 6.07) is 8.47. The van der Waals surface area contributed by atoms with Gasteiger partial charge in [-0.3, -0.25) is 9.59 Å². The fourth-order valence-electron chi connectivity index (χ4n) is 6.83. The van der Waals surface area contributed by atoms with Crippen LogP contribution in [0.15, 0.2) is 36.4 Å². The number of fused-ring (bicyclic) bond motifs is 2. The number of nitrogens with one attached hydrogen (secondary N) is 3. The fourth-order valence-corrected chi connectivity index (χ4v) is 7.18. The van der Waals surface area contributed by atoms with Gasteiger partial charge in [-0.1, -0.05) is 62.2 Å². The first-order valence-electron chi connectivity index (χ1n) is 13.6. The van der Waals surface area contributed by atoms with Gasteiger partial charge in [0.05, 0.1) is 16.7 Å². The second-order valence-electron chi connectivity index (χ2n) is 12.9. The van der Waals surface area contributed by atoms with E-state index in [0.717, 1.165) is 0 Å². The Kier molecular flexibility index (Phi) is 7.28. The maximum absolute atomic E-state index is 15.8. The molecular weight excluding hydrogens is 540 g/mol. The van der Waals surface area contributed by atoms with Gasteiger partial charge in [-0.25, -0.2) is 4.39 Å². The summed E-state index contributed by atoms with van der Waals surface area (Å²) in [5, 5.41) is 20.4. The van der Waals surface area contributed by atoms with Gasteiger partial charge in [0.15, 0.2) is 0 Å². The third-order valence-electron chi connectivity index (χ3n) is 8.63. The van der Waals surface area contributed by atoms with E-state index in [1.54, 1.807) is 24.3 Å². The smallest absolute Gasteiger partial charge is 0.238 e. The first-order valence-corrected chi connectivity index (χ1v) is 14.3. The quantitative estimate of drug-likeness (QED) is 0.377. The van der Waals surface area contributed by atoms with Crippen molar-refractivity contribution < 1.29 is 19.1 Å². The molecule has 1 saturated carbocycles. The van der Waals surface area contributed by atoms with Crippen molar-refractivity contribution in [1.82, 2.24) is 10.6 Å². The molecule has 2 aliphatic heterocycles. The number of halogens is 3. The summed E-state index contributed by atoms with van der Waals surface area (Å²) >= 11 is 12.5. The molecule has 2 fully saturated rings. The van der Waals surface area contributed by atoms with Crippen LogP contribution in [0.5, 0.6) is 0 Å². The van der Waals surface area contributed by atoms with Gasteiger partial charge < -0.3 is 21.1 Å². The van der Waals surface area contributed by atoms with Crippen molar-refractivity contribution >= 4 is 40.7 Å². The molecule has 3 aliphatic rings. The molecule has 4 atom stereocenters. The van der Waals surface area contributed by atoms with Crippen LogP contribution in [-0.4, -0.2) is 40.6 Å². The monoisotopic (exact) mass is 575 g/mol. The van der Waals surface area contributed by atoms with Crippen LogP contribution in [0.3, 0.4) is 0 Å². The molecule has 5 rings (SSSR count). The largest absolute Gasteiger partial charge is 0.390 e. The zero-order chi connectivity index (χ0) is 28.3. The van der Waals surface area contributed by atoms with Gasteiger partial charge in [0.25, 0.3) is 0 Å². The predicted molar refractivity (Wildman–Crippen MR) is 152 cm³/mol. The van der Waals surface area contributed by atoms with Gasteiger partial charge in [-0.15, -0.1) is 0 Å². The van der Waals surface area contributed by atoms with E-state index in [0.29, 0.717) is 48.4 Å². The number of hydrogen-bond donors (Lipinski definition) is 4. The molecule has 4 N–H and O–H groups in total. The van der Waals surface area contributed by atoms with Crippen molar-refractivity contribution in [1.29, 1.82) is 0 Å². The van der Waals surface area contributed by atoms with Crippen LogP contribution in [0.2, 0.25) is 10.0 Å². The molecule has 2 aromatic rings. The number of amides is 2. The highest BCUT2D eigenvalue weighted by atomic mass is 35.5. The number of hydrogen-bond acceptors (Lipinski definition) is 4. The molecule has 210 valence electrons. The molecule has 1 spiro atoms. The summed E-state index contributed by atoms with van der Waals surface area (Å²) in [5.74, 6) is -2.10. The Morgan fingerprint density at radius 3 is 2.54 bits per heavy atom. The molecular formula is C30H36Cl2FN3O3. The number of aliphatic hydroxyl groups is 1. The van der Waals surface area contributed by atoms with Gasteiger partial charge in [-0.2, -0.15) is 0 Å². The molecule has 2 amide bonds. The third-order valence-corrected chi connectivity index (χ3v) is 9.16. The van der Waals surface area contributed by atoms with E-state index in [9.17, 15) is 14.7 Å². The predicted octanol–water partition coefficient (Wildman–Crippen LogP) is 5.69. The van der Waals surface area contributed by atoms with Crippen molar-refractivity contribution in [3.8, 4) is 0 Å². The van der Waals surface area contributed by atoms with Gasteiger partial charge >= 0.3 is 0 Å². The summed E-state index contributed by atoms with van der Waals surface area (Å²) in [6.45, 7) is 8.04. The number of rotatable bonds is 4. The standard InChI is InChI=1S/C30H36Cl2FN3O3/c1-28(2,3)15-22-30(19-9-8-16(31)14-21(19)35-27(30)38)23(18-6-5-7-20(32)24(18)33)25(36-22)26(37)34-17-10-12-29(4,39)13-11-17/h5-9,14,17,22-23,25,36,39H,10-13,15H2,1-4H3,(H,34,37)(H,35,38)/t17-,22-,23-,25+,29+,30+/m0/s1. The number of carbonyl (C=O) groups excluding carboxylic acids is 2. The minimum Gasteiger partial charge on any atom is -0.390 e. The molecule has 6 nitrogen and oxygen atoms in total. The fraction of sp³-hybridized carbons (Fsp3) is 0.533. The van der Waals surface area contributed by atoms with Crippen LogP contribution < -0.4 is 16.0 Å². The van der Waals surface area contributed by atoms with E-state index in [1.165, 1.54) is 6.07 Å². The van der Waals surface area contributed by atoms with Crippen molar-refractivity contribution in [3.63, 3.8) is 0 Å². The Morgan fingerprint density at radius 1 is 1.18 bits per heavy atom. The maximum atomic E-state index is 15.8. The van der Waals surface area contributed by atoms with Crippen molar-refractivity contribution in [2.45, 2.75) is 94.9 Å². The zero-order valence-electron chi connectivity index (χ0n) is 22.7. The van der Waals surface area contributed by atoms with Crippen LogP contribution in [0, 0.1) is 11.2 Å². The van der Waals surface area contributed by atoms with E-state index < -0.39 is 34.8 Å². The SMILES string of the molecule is CC(C)(C)C[C@@H]1N[C@@H](C(=O)N[C@H]2CC[C@@](C)(O)CC2)[C@H](c2cccc(Cl)c2F)[C@]12C(=O)Nc1cc(Cl)ccc12. The van der Waals surface area contributed by atoms with E-state index >= 15 is 4.39 Å². The lowest BCUT2D eigenvalue weighted by atomic mass is 9.62. The Morgan fingerprint density at radius 2 is 1.87 bits per heavy atom. The normalized spacial score (nSPS) is 32.3. The average Bonchev–Trinajstić information content (AvgIpc) is 3.31. The molecule has 9 heteroatoms. The van der Waals surface area contributed by atoms with E-state index in [1.807, 2.05) is 13.0 Å². The van der Waals surface area contributed by atoms with E-state index in [2.05, 4.69) is 36.7 Å². The van der Waals surface area contributed by atoms with Crippen molar-refractivity contribution in [2.75, 3.05) is 5.32 Å². The molecule has 39 heavy (non-hydrogen) atoms. The van der Waals surface area contributed by atoms with Crippen LogP contribution in [0.25, 0.3) is 0 Å². The summed E-state index contributed by atoms with van der Waals surface area (Å²) in [4.78, 5) is 28.2. The second kappa shape index (κ2) is 10.0. The first kappa shape index (κ1) is 28.3. The van der Waals surface area contributed by atoms with E-state index in [-0.39, 0.29) is 33.9 Å². The first-order chi connectivity index (χ1) is 18.2. The highest BCUT2D eigenvalue weighted by Gasteiger charge is 2.66. The number of anilines is 1. The van der Waals surface area contributed by atoms with Crippen LogP contribution in [0.4, 0.5) is 10.1 Å². The Bertz CT molecular complexity index is 1300. The van der Waals surface area contributed by atoms with Crippen LogP contribution in [0.1, 0.15) is 76.8 Å². The van der Waals surface area contributed by atoms with Crippen LogP contribution >= 0.6 is 23.2 Å². The molecule has 1 saturated heterocycles. The van der Waals surface area contributed by atoms with Crippen LogP contribution in [-0.2, 0) is 15.0 Å². The third kappa shape index (κ3) is 5.08. The molecule has 1 aliphatic carbocycles. The highest BCUT2D eigenvalue weighted by molar-refractivity contribution is 6.31. The Balaban J connectivity index is 1.65. The zero-order valence-corrected chi connectivity index (χ0v) is 24.2. The highest BCUT2D eigenvalue weighted by Crippen LogP contribution is 2.57. The summed E-state index contributed by atoms with van der Waals surface area (Å²) < 4.78 is 15.8. The molecule has 2 heterocycles. The number of carbonyl (C=O) groups is 2. The average molecular weight is 577 g/mol. The van der Waals surface area contributed by atoms with Gasteiger partial charge in [0, 0.05) is 28.7 Å². The van der Waals surface area contributed by atoms with Gasteiger partial charge in [0.1, 0.15) is 11.2 Å². The lowest BCUT2D eigenvalue weighted by molar-refractivity contribution is -0.125. The maximum Gasteiger partial charge on any atom is 0.238 e. The Hall–Kier alpha value is -2.19. The molecule has 2 aromatic carbocycles. The molecule has 0 unspecified atom stereocenters. The lowest BCUT2D eigenvalue weighted by Gasteiger charge is -2.38. The summed E-state index contributed by atoms with van der Waals surface area (Å²) in [7, 11) is 0. The summed E-state index contributed by atoms with van der Waals surface area (Å²) in [5.41, 5.74) is -0.762. The molecule has 0 bridgehead atoms. The van der Waals surface area contributed by atoms with Crippen molar-refractivity contribution in [3.05, 3.63) is 63.4 Å². The van der Waals surface area contributed by atoms with E-state index in [4.69, 9.17) is 23.2 Å². The van der Waals surface area contributed by atoms with Crippen molar-refractivity contribution in [2.24, 2.45) is 5.41 Å². The topological polar surface area (TPSA) is 90.5 Å². The molecule has 0 aromatic heterocycles. The number of benzene rings is 2. The molecule has 0 radical (unpaired) electrons. The van der Waals surface area contributed by atoms with Gasteiger partial charge in [0.2, 0.25) is 11.8 Å². The lowest BCUT2D eigenvalue weighted by Crippen LogP contribution is -2.50. The van der Waals surface area contributed by atoms with Gasteiger partial charge in [-0.05, 0) is 73.8 Å². The minimum absolute atomic E-state index is 0.0645. The second-order valence-corrected chi connectivity index (χ2v) is 13.7.